The summed E-state index contributed by atoms with van der Waals surface area (Å²) >= 11 is 0. The number of hydrogen-bond donors (Lipinski definition) is 2. The lowest BCUT2D eigenvalue weighted by atomic mass is 10.0. The van der Waals surface area contributed by atoms with Gasteiger partial charge in [-0.3, -0.25) is 4.79 Å². The van der Waals surface area contributed by atoms with Gasteiger partial charge in [-0.2, -0.15) is 0 Å². The molecule has 1 unspecified atom stereocenters. The van der Waals surface area contributed by atoms with E-state index in [1.54, 1.807) is 6.07 Å². The molecule has 0 saturated carbocycles. The van der Waals surface area contributed by atoms with Gasteiger partial charge in [0.2, 0.25) is 0 Å². The Bertz CT molecular complexity index is 435. The van der Waals surface area contributed by atoms with Crippen molar-refractivity contribution in [2.45, 2.75) is 32.9 Å². The van der Waals surface area contributed by atoms with Gasteiger partial charge in [0.15, 0.2) is 11.6 Å². The van der Waals surface area contributed by atoms with E-state index in [1.165, 1.54) is 19.2 Å². The lowest BCUT2D eigenvalue weighted by Gasteiger charge is -2.16. The van der Waals surface area contributed by atoms with Gasteiger partial charge in [-0.15, -0.1) is 0 Å². The molecule has 0 saturated heterocycles. The molecular weight excluding hydrogens is 249 g/mol. The fourth-order valence-electron chi connectivity index (χ4n) is 1.80. The molecule has 1 rings (SSSR count). The van der Waals surface area contributed by atoms with Crippen LogP contribution in [0.25, 0.3) is 0 Å². The van der Waals surface area contributed by atoms with Crippen LogP contribution in [-0.4, -0.2) is 24.2 Å². The number of halogens is 1. The van der Waals surface area contributed by atoms with Crippen LogP contribution >= 0.6 is 0 Å². The van der Waals surface area contributed by atoms with E-state index in [9.17, 15) is 9.18 Å². The summed E-state index contributed by atoms with van der Waals surface area (Å²) in [4.78, 5) is 11.1. The average Bonchev–Trinajstić information content (AvgIpc) is 2.34. The Morgan fingerprint density at radius 1 is 1.47 bits per heavy atom. The molecule has 0 aliphatic heterocycles. The van der Waals surface area contributed by atoms with Crippen LogP contribution in [0.1, 0.15) is 25.8 Å². The Morgan fingerprint density at radius 3 is 2.63 bits per heavy atom. The molecule has 0 amide bonds. The van der Waals surface area contributed by atoms with Crippen molar-refractivity contribution < 1.29 is 19.0 Å². The Balaban J connectivity index is 2.64. The predicted molar refractivity (Wildman–Crippen MR) is 70.7 cm³/mol. The maximum absolute atomic E-state index is 13.5. The molecule has 5 heteroatoms. The number of methoxy groups -OCH3 is 1. The zero-order chi connectivity index (χ0) is 14.4. The molecule has 0 aromatic heterocycles. The highest BCUT2D eigenvalue weighted by molar-refractivity contribution is 5.73. The number of aliphatic carboxylic acids is 1. The second-order valence-corrected chi connectivity index (χ2v) is 4.87. The summed E-state index contributed by atoms with van der Waals surface area (Å²) in [6, 6.07) is 3.97. The number of carboxylic acids is 1. The Labute approximate surface area is 112 Å². The standard InChI is InChI=1S/C14H20FNO3/c1-9(2)6-12(14(17)18)16-8-10-4-5-13(19-3)11(15)7-10/h4-5,7,9,12,16H,6,8H2,1-3H3,(H,17,18). The number of benzene rings is 1. The smallest absolute Gasteiger partial charge is 0.320 e. The van der Waals surface area contributed by atoms with E-state index in [2.05, 4.69) is 5.32 Å². The van der Waals surface area contributed by atoms with Crippen LogP contribution in [0.3, 0.4) is 0 Å². The summed E-state index contributed by atoms with van der Waals surface area (Å²) in [6.45, 7) is 4.24. The molecule has 106 valence electrons. The molecule has 0 bridgehead atoms. The number of carboxylic acid groups (broad SMARTS) is 1. The van der Waals surface area contributed by atoms with E-state index in [4.69, 9.17) is 9.84 Å². The molecule has 0 spiro atoms. The molecule has 0 heterocycles. The van der Waals surface area contributed by atoms with Crippen molar-refractivity contribution in [3.05, 3.63) is 29.6 Å². The van der Waals surface area contributed by atoms with Crippen LogP contribution in [0.15, 0.2) is 18.2 Å². The molecule has 1 aromatic rings. The van der Waals surface area contributed by atoms with Crippen molar-refractivity contribution in [3.8, 4) is 5.75 Å². The van der Waals surface area contributed by atoms with Gasteiger partial charge in [0.1, 0.15) is 6.04 Å². The first-order valence-corrected chi connectivity index (χ1v) is 6.22. The van der Waals surface area contributed by atoms with E-state index in [1.807, 2.05) is 13.8 Å². The molecular formula is C14H20FNO3. The van der Waals surface area contributed by atoms with Crippen molar-refractivity contribution in [2.75, 3.05) is 7.11 Å². The largest absolute Gasteiger partial charge is 0.494 e. The van der Waals surface area contributed by atoms with Gasteiger partial charge < -0.3 is 15.2 Å². The van der Waals surface area contributed by atoms with Crippen molar-refractivity contribution in [1.29, 1.82) is 0 Å². The third-order valence-corrected chi connectivity index (χ3v) is 2.77. The van der Waals surface area contributed by atoms with E-state index >= 15 is 0 Å². The van der Waals surface area contributed by atoms with Gasteiger partial charge in [-0.1, -0.05) is 19.9 Å². The average molecular weight is 269 g/mol. The predicted octanol–water partition coefficient (Wildman–Crippen LogP) is 2.42. The molecule has 0 aliphatic rings. The molecule has 0 radical (unpaired) electrons. The third-order valence-electron chi connectivity index (χ3n) is 2.77. The van der Waals surface area contributed by atoms with Gasteiger partial charge in [0.05, 0.1) is 7.11 Å². The van der Waals surface area contributed by atoms with Gasteiger partial charge in [-0.05, 0) is 30.0 Å². The molecule has 1 atom stereocenters. The van der Waals surface area contributed by atoms with Gasteiger partial charge >= 0.3 is 5.97 Å². The van der Waals surface area contributed by atoms with Crippen LogP contribution in [-0.2, 0) is 11.3 Å². The summed E-state index contributed by atoms with van der Waals surface area (Å²) in [7, 11) is 1.40. The molecule has 0 aliphatic carbocycles. The molecule has 2 N–H and O–H groups in total. The first kappa shape index (κ1) is 15.4. The minimum absolute atomic E-state index is 0.181. The Hall–Kier alpha value is -1.62. The molecule has 4 nitrogen and oxygen atoms in total. The van der Waals surface area contributed by atoms with E-state index in [-0.39, 0.29) is 11.7 Å². The Kier molecular flexibility index (Phi) is 5.76. The highest BCUT2D eigenvalue weighted by Crippen LogP contribution is 2.17. The van der Waals surface area contributed by atoms with Crippen molar-refractivity contribution in [2.24, 2.45) is 5.92 Å². The minimum atomic E-state index is -0.886. The minimum Gasteiger partial charge on any atom is -0.494 e. The van der Waals surface area contributed by atoms with E-state index in [0.29, 0.717) is 18.5 Å². The highest BCUT2D eigenvalue weighted by Gasteiger charge is 2.18. The summed E-state index contributed by atoms with van der Waals surface area (Å²) in [5.74, 6) is -0.873. The van der Waals surface area contributed by atoms with Crippen LogP contribution in [0.5, 0.6) is 5.75 Å². The van der Waals surface area contributed by atoms with Gasteiger partial charge in [0.25, 0.3) is 0 Å². The fourth-order valence-corrected chi connectivity index (χ4v) is 1.80. The number of ether oxygens (including phenoxy) is 1. The number of carbonyl (C=O) groups is 1. The quantitative estimate of drug-likeness (QED) is 0.798. The zero-order valence-electron chi connectivity index (χ0n) is 11.4. The Morgan fingerprint density at radius 2 is 2.16 bits per heavy atom. The van der Waals surface area contributed by atoms with Crippen molar-refractivity contribution >= 4 is 5.97 Å². The SMILES string of the molecule is COc1ccc(CNC(CC(C)C)C(=O)O)cc1F. The molecule has 19 heavy (non-hydrogen) atoms. The van der Waals surface area contributed by atoms with E-state index in [0.717, 1.165) is 0 Å². The van der Waals surface area contributed by atoms with E-state index < -0.39 is 17.8 Å². The first-order chi connectivity index (χ1) is 8.93. The van der Waals surface area contributed by atoms with Crippen LogP contribution < -0.4 is 10.1 Å². The maximum atomic E-state index is 13.5. The van der Waals surface area contributed by atoms with Crippen molar-refractivity contribution in [3.63, 3.8) is 0 Å². The number of hydrogen-bond acceptors (Lipinski definition) is 3. The number of nitrogens with one attached hydrogen (secondary N) is 1. The summed E-state index contributed by atoms with van der Waals surface area (Å²) < 4.78 is 18.3. The third kappa shape index (κ3) is 4.87. The zero-order valence-corrected chi connectivity index (χ0v) is 11.4. The first-order valence-electron chi connectivity index (χ1n) is 6.22. The second kappa shape index (κ2) is 7.09. The topological polar surface area (TPSA) is 58.6 Å². The second-order valence-electron chi connectivity index (χ2n) is 4.87. The van der Waals surface area contributed by atoms with Crippen LogP contribution in [0.4, 0.5) is 4.39 Å². The normalized spacial score (nSPS) is 12.5. The highest BCUT2D eigenvalue weighted by atomic mass is 19.1. The molecule has 1 aromatic carbocycles. The van der Waals surface area contributed by atoms with Gasteiger partial charge in [0, 0.05) is 6.54 Å². The van der Waals surface area contributed by atoms with Crippen LogP contribution in [0.2, 0.25) is 0 Å². The van der Waals surface area contributed by atoms with Crippen molar-refractivity contribution in [1.82, 2.24) is 5.32 Å². The maximum Gasteiger partial charge on any atom is 0.320 e. The lowest BCUT2D eigenvalue weighted by molar-refractivity contribution is -0.140. The molecule has 0 fully saturated rings. The van der Waals surface area contributed by atoms with Gasteiger partial charge in [-0.25, -0.2) is 4.39 Å². The fraction of sp³-hybridized carbons (Fsp3) is 0.500. The summed E-state index contributed by atoms with van der Waals surface area (Å²) in [5.41, 5.74) is 0.688. The lowest BCUT2D eigenvalue weighted by Crippen LogP contribution is -2.37. The monoisotopic (exact) mass is 269 g/mol. The summed E-state index contributed by atoms with van der Waals surface area (Å²) in [5, 5.41) is 12.0. The van der Waals surface area contributed by atoms with Crippen LogP contribution in [0, 0.1) is 11.7 Å². The number of rotatable bonds is 7. The summed E-state index contributed by atoms with van der Waals surface area (Å²) in [6.07, 6.45) is 0.536.